The molecular formula is C9H19NO2. The highest BCUT2D eigenvalue weighted by molar-refractivity contribution is 4.70. The molecule has 1 aliphatic rings. The second kappa shape index (κ2) is 4.21. The van der Waals surface area contributed by atoms with E-state index in [1.54, 1.807) is 0 Å². The van der Waals surface area contributed by atoms with E-state index in [4.69, 9.17) is 15.2 Å². The summed E-state index contributed by atoms with van der Waals surface area (Å²) in [6.07, 6.45) is 3.33. The van der Waals surface area contributed by atoms with Gasteiger partial charge in [-0.25, -0.2) is 0 Å². The Morgan fingerprint density at radius 2 is 2.25 bits per heavy atom. The summed E-state index contributed by atoms with van der Waals surface area (Å²) in [7, 11) is 0. The molecule has 1 unspecified atom stereocenters. The van der Waals surface area contributed by atoms with Crippen molar-refractivity contribution in [3.05, 3.63) is 0 Å². The monoisotopic (exact) mass is 173 g/mol. The van der Waals surface area contributed by atoms with Crippen LogP contribution >= 0.6 is 0 Å². The maximum Gasteiger partial charge on any atom is 0.158 e. The lowest BCUT2D eigenvalue weighted by molar-refractivity contribution is -0.212. The molecule has 1 heterocycles. The fraction of sp³-hybridized carbons (Fsp3) is 1.00. The standard InChI is InChI=1S/C9H19NO2/c1-9(2,7-10)12-8-5-3-4-6-11-8/h8H,3-7,10H2,1-2H3. The maximum absolute atomic E-state index is 5.68. The van der Waals surface area contributed by atoms with Crippen molar-refractivity contribution in [1.82, 2.24) is 0 Å². The molecule has 3 heteroatoms. The molecule has 0 aliphatic carbocycles. The van der Waals surface area contributed by atoms with Crippen LogP contribution in [-0.2, 0) is 9.47 Å². The van der Waals surface area contributed by atoms with Crippen LogP contribution in [0.5, 0.6) is 0 Å². The van der Waals surface area contributed by atoms with Crippen molar-refractivity contribution in [3.63, 3.8) is 0 Å². The van der Waals surface area contributed by atoms with E-state index in [1.165, 1.54) is 6.42 Å². The lowest BCUT2D eigenvalue weighted by atomic mass is 10.1. The lowest BCUT2D eigenvalue weighted by Crippen LogP contribution is -2.39. The second-order valence-electron chi connectivity index (χ2n) is 3.88. The predicted octanol–water partition coefficient (Wildman–Crippen LogP) is 1.27. The highest BCUT2D eigenvalue weighted by Gasteiger charge is 2.23. The molecule has 0 aromatic carbocycles. The molecule has 0 bridgehead atoms. The molecule has 3 nitrogen and oxygen atoms in total. The number of hydrogen-bond donors (Lipinski definition) is 1. The van der Waals surface area contributed by atoms with Gasteiger partial charge in [-0.15, -0.1) is 0 Å². The molecule has 0 amide bonds. The van der Waals surface area contributed by atoms with Gasteiger partial charge in [0, 0.05) is 13.2 Å². The third kappa shape index (κ3) is 3.09. The number of hydrogen-bond acceptors (Lipinski definition) is 3. The van der Waals surface area contributed by atoms with Crippen LogP contribution < -0.4 is 5.73 Å². The van der Waals surface area contributed by atoms with Gasteiger partial charge in [-0.1, -0.05) is 0 Å². The first kappa shape index (κ1) is 9.96. The Labute approximate surface area is 74.2 Å². The molecule has 0 radical (unpaired) electrons. The number of nitrogens with two attached hydrogens (primary N) is 1. The van der Waals surface area contributed by atoms with Gasteiger partial charge in [-0.2, -0.15) is 0 Å². The first-order valence-corrected chi connectivity index (χ1v) is 4.63. The summed E-state index contributed by atoms with van der Waals surface area (Å²) in [5, 5.41) is 0. The van der Waals surface area contributed by atoms with Gasteiger partial charge in [0.05, 0.1) is 5.60 Å². The van der Waals surface area contributed by atoms with Gasteiger partial charge in [-0.3, -0.25) is 0 Å². The Kier molecular flexibility index (Phi) is 3.50. The van der Waals surface area contributed by atoms with Crippen molar-refractivity contribution < 1.29 is 9.47 Å². The van der Waals surface area contributed by atoms with E-state index in [0.717, 1.165) is 19.4 Å². The molecule has 1 fully saturated rings. The normalized spacial score (nSPS) is 25.8. The smallest absolute Gasteiger partial charge is 0.158 e. The molecular weight excluding hydrogens is 154 g/mol. The Morgan fingerprint density at radius 1 is 1.50 bits per heavy atom. The predicted molar refractivity (Wildman–Crippen MR) is 47.8 cm³/mol. The van der Waals surface area contributed by atoms with Crippen molar-refractivity contribution in [3.8, 4) is 0 Å². The highest BCUT2D eigenvalue weighted by Crippen LogP contribution is 2.19. The largest absolute Gasteiger partial charge is 0.353 e. The fourth-order valence-corrected chi connectivity index (χ4v) is 1.21. The summed E-state index contributed by atoms with van der Waals surface area (Å²) in [6, 6.07) is 0. The maximum atomic E-state index is 5.68. The quantitative estimate of drug-likeness (QED) is 0.699. The highest BCUT2D eigenvalue weighted by atomic mass is 16.7. The summed E-state index contributed by atoms with van der Waals surface area (Å²) in [6.45, 7) is 5.34. The van der Waals surface area contributed by atoms with Crippen molar-refractivity contribution in [1.29, 1.82) is 0 Å². The third-order valence-corrected chi connectivity index (χ3v) is 2.08. The van der Waals surface area contributed by atoms with Gasteiger partial charge in [0.1, 0.15) is 0 Å². The van der Waals surface area contributed by atoms with Gasteiger partial charge in [-0.05, 0) is 33.1 Å². The zero-order valence-corrected chi connectivity index (χ0v) is 8.01. The van der Waals surface area contributed by atoms with E-state index < -0.39 is 0 Å². The van der Waals surface area contributed by atoms with Crippen molar-refractivity contribution in [2.75, 3.05) is 13.2 Å². The van der Waals surface area contributed by atoms with Crippen LogP contribution in [0.15, 0.2) is 0 Å². The van der Waals surface area contributed by atoms with Crippen LogP contribution in [-0.4, -0.2) is 25.0 Å². The van der Waals surface area contributed by atoms with Gasteiger partial charge >= 0.3 is 0 Å². The zero-order valence-electron chi connectivity index (χ0n) is 8.01. The van der Waals surface area contributed by atoms with E-state index in [2.05, 4.69) is 0 Å². The van der Waals surface area contributed by atoms with Crippen LogP contribution in [0.1, 0.15) is 33.1 Å². The molecule has 2 N–H and O–H groups in total. The number of ether oxygens (including phenoxy) is 2. The van der Waals surface area contributed by atoms with Crippen LogP contribution in [0.25, 0.3) is 0 Å². The van der Waals surface area contributed by atoms with Crippen molar-refractivity contribution in [2.45, 2.75) is 45.0 Å². The summed E-state index contributed by atoms with van der Waals surface area (Å²) in [4.78, 5) is 0. The topological polar surface area (TPSA) is 44.5 Å². The van der Waals surface area contributed by atoms with E-state index in [1.807, 2.05) is 13.8 Å². The lowest BCUT2D eigenvalue weighted by Gasteiger charge is -2.31. The molecule has 0 aromatic heterocycles. The fourth-order valence-electron chi connectivity index (χ4n) is 1.21. The molecule has 1 rings (SSSR count). The molecule has 1 aliphatic heterocycles. The van der Waals surface area contributed by atoms with Crippen molar-refractivity contribution in [2.24, 2.45) is 5.73 Å². The SMILES string of the molecule is CC(C)(CN)OC1CCCCO1. The Bertz CT molecular complexity index is 130. The summed E-state index contributed by atoms with van der Waals surface area (Å²) in [5.41, 5.74) is 5.29. The molecule has 0 saturated carbocycles. The van der Waals surface area contributed by atoms with Gasteiger partial charge in [0.2, 0.25) is 0 Å². The van der Waals surface area contributed by atoms with E-state index in [-0.39, 0.29) is 11.9 Å². The first-order chi connectivity index (χ1) is 5.64. The van der Waals surface area contributed by atoms with E-state index in [9.17, 15) is 0 Å². The molecule has 0 aromatic rings. The second-order valence-corrected chi connectivity index (χ2v) is 3.88. The minimum atomic E-state index is -0.248. The van der Waals surface area contributed by atoms with Gasteiger partial charge in [0.15, 0.2) is 6.29 Å². The van der Waals surface area contributed by atoms with Crippen LogP contribution in [0, 0.1) is 0 Å². The van der Waals surface area contributed by atoms with Crippen LogP contribution in [0.3, 0.4) is 0 Å². The van der Waals surface area contributed by atoms with Crippen molar-refractivity contribution >= 4 is 0 Å². The summed E-state index contributed by atoms with van der Waals surface area (Å²) < 4.78 is 11.1. The Morgan fingerprint density at radius 3 is 2.75 bits per heavy atom. The molecule has 12 heavy (non-hydrogen) atoms. The van der Waals surface area contributed by atoms with Crippen LogP contribution in [0.4, 0.5) is 0 Å². The van der Waals surface area contributed by atoms with Gasteiger partial charge in [0.25, 0.3) is 0 Å². The summed E-state index contributed by atoms with van der Waals surface area (Å²) >= 11 is 0. The average molecular weight is 173 g/mol. The Hall–Kier alpha value is -0.120. The minimum Gasteiger partial charge on any atom is -0.353 e. The molecule has 72 valence electrons. The minimum absolute atomic E-state index is 0.0303. The molecule has 1 saturated heterocycles. The summed E-state index contributed by atoms with van der Waals surface area (Å²) in [5.74, 6) is 0. The Balaban J connectivity index is 2.28. The third-order valence-electron chi connectivity index (χ3n) is 2.08. The zero-order chi connectivity index (χ0) is 9.03. The van der Waals surface area contributed by atoms with Crippen LogP contribution in [0.2, 0.25) is 0 Å². The number of rotatable bonds is 3. The first-order valence-electron chi connectivity index (χ1n) is 4.63. The van der Waals surface area contributed by atoms with E-state index in [0.29, 0.717) is 6.54 Å². The van der Waals surface area contributed by atoms with Gasteiger partial charge < -0.3 is 15.2 Å². The molecule has 1 atom stereocenters. The van der Waals surface area contributed by atoms with E-state index >= 15 is 0 Å². The molecule has 0 spiro atoms. The average Bonchev–Trinajstić information content (AvgIpc) is 2.06.